The Hall–Kier alpha value is -2.37. The average molecular weight is 414 g/mol. The molecule has 30 heavy (non-hydrogen) atoms. The number of esters is 1. The highest BCUT2D eigenvalue weighted by atomic mass is 16.5. The Morgan fingerprint density at radius 2 is 1.57 bits per heavy atom. The molecule has 1 amide bonds. The molecule has 1 aromatic carbocycles. The molecule has 6 heteroatoms. The summed E-state index contributed by atoms with van der Waals surface area (Å²) < 4.78 is 10.9. The van der Waals surface area contributed by atoms with Crippen LogP contribution in [0.25, 0.3) is 0 Å². The average Bonchev–Trinajstić information content (AvgIpc) is 2.71. The highest BCUT2D eigenvalue weighted by Gasteiger charge is 2.55. The zero-order valence-corrected chi connectivity index (χ0v) is 17.8. The Labute approximate surface area is 177 Å². The highest BCUT2D eigenvalue weighted by Crippen LogP contribution is 2.60. The van der Waals surface area contributed by atoms with Crippen molar-refractivity contribution >= 4 is 17.7 Å². The number of benzene rings is 1. The van der Waals surface area contributed by atoms with Crippen molar-refractivity contribution in [3.8, 4) is 5.75 Å². The molecule has 5 rings (SSSR count). The largest absolute Gasteiger partial charge is 0.484 e. The molecule has 4 aliphatic carbocycles. The standard InChI is InChI=1S/C24H31NO5/c1-15(25-21(26)14-29-20-6-4-3-5-7-20)23(28)30-16(2)22(27)24-11-17-8-18(12-24)10-19(9-17)13-24/h3-7,15-19H,8-14H2,1-2H3,(H,25,26). The predicted molar refractivity (Wildman–Crippen MR) is 111 cm³/mol. The van der Waals surface area contributed by atoms with E-state index in [2.05, 4.69) is 5.32 Å². The lowest BCUT2D eigenvalue weighted by Crippen LogP contribution is -2.53. The zero-order chi connectivity index (χ0) is 21.3. The van der Waals surface area contributed by atoms with Gasteiger partial charge in [-0.05, 0) is 82.3 Å². The number of ether oxygens (including phenoxy) is 2. The number of para-hydroxylation sites is 1. The van der Waals surface area contributed by atoms with Gasteiger partial charge in [0.15, 0.2) is 18.5 Å². The van der Waals surface area contributed by atoms with Crippen molar-refractivity contribution in [1.82, 2.24) is 5.32 Å². The van der Waals surface area contributed by atoms with Gasteiger partial charge in [-0.15, -0.1) is 0 Å². The number of amides is 1. The fraction of sp³-hybridized carbons (Fsp3) is 0.625. The lowest BCUT2D eigenvalue weighted by Gasteiger charge is -2.56. The first-order valence-electron chi connectivity index (χ1n) is 11.1. The number of rotatable bonds is 8. The van der Waals surface area contributed by atoms with E-state index in [4.69, 9.17) is 9.47 Å². The lowest BCUT2D eigenvalue weighted by molar-refractivity contribution is -0.166. The molecule has 0 aromatic heterocycles. The second-order valence-electron chi connectivity index (χ2n) is 9.53. The first-order valence-corrected chi connectivity index (χ1v) is 11.1. The number of hydrogen-bond donors (Lipinski definition) is 1. The van der Waals surface area contributed by atoms with Gasteiger partial charge in [0.2, 0.25) is 0 Å². The van der Waals surface area contributed by atoms with Crippen LogP contribution < -0.4 is 10.1 Å². The summed E-state index contributed by atoms with van der Waals surface area (Å²) in [7, 11) is 0. The minimum Gasteiger partial charge on any atom is -0.484 e. The van der Waals surface area contributed by atoms with Crippen LogP contribution in [0.1, 0.15) is 52.4 Å². The molecule has 0 radical (unpaired) electrons. The van der Waals surface area contributed by atoms with Crippen LogP contribution in [0.15, 0.2) is 30.3 Å². The summed E-state index contributed by atoms with van der Waals surface area (Å²) in [5.74, 6) is 1.62. The molecule has 4 aliphatic rings. The summed E-state index contributed by atoms with van der Waals surface area (Å²) in [4.78, 5) is 37.8. The fourth-order valence-electron chi connectivity index (χ4n) is 6.18. The molecule has 0 aliphatic heterocycles. The molecule has 4 saturated carbocycles. The van der Waals surface area contributed by atoms with E-state index in [0.29, 0.717) is 23.5 Å². The topological polar surface area (TPSA) is 81.7 Å². The van der Waals surface area contributed by atoms with Gasteiger partial charge < -0.3 is 14.8 Å². The maximum Gasteiger partial charge on any atom is 0.329 e. The van der Waals surface area contributed by atoms with Crippen molar-refractivity contribution < 1.29 is 23.9 Å². The number of carbonyl (C=O) groups excluding carboxylic acids is 3. The predicted octanol–water partition coefficient (Wildman–Crippen LogP) is 3.29. The third-order valence-corrected chi connectivity index (χ3v) is 7.07. The third-order valence-electron chi connectivity index (χ3n) is 7.07. The monoisotopic (exact) mass is 413 g/mol. The van der Waals surface area contributed by atoms with Gasteiger partial charge in [0, 0.05) is 5.41 Å². The fourth-order valence-corrected chi connectivity index (χ4v) is 6.18. The van der Waals surface area contributed by atoms with Crippen LogP contribution in [0.2, 0.25) is 0 Å². The van der Waals surface area contributed by atoms with E-state index < -0.39 is 24.0 Å². The Bertz CT molecular complexity index is 770. The van der Waals surface area contributed by atoms with E-state index in [1.54, 1.807) is 26.0 Å². The highest BCUT2D eigenvalue weighted by molar-refractivity contribution is 5.92. The molecular formula is C24H31NO5. The first kappa shape index (κ1) is 20.9. The molecule has 4 fully saturated rings. The van der Waals surface area contributed by atoms with Crippen LogP contribution in [0.3, 0.4) is 0 Å². The Morgan fingerprint density at radius 3 is 2.13 bits per heavy atom. The third kappa shape index (κ3) is 4.37. The normalized spacial score (nSPS) is 30.9. The zero-order valence-electron chi connectivity index (χ0n) is 17.8. The van der Waals surface area contributed by atoms with Gasteiger partial charge in [-0.2, -0.15) is 0 Å². The van der Waals surface area contributed by atoms with Crippen molar-refractivity contribution in [3.63, 3.8) is 0 Å². The Morgan fingerprint density at radius 1 is 1.00 bits per heavy atom. The van der Waals surface area contributed by atoms with E-state index >= 15 is 0 Å². The van der Waals surface area contributed by atoms with Gasteiger partial charge in [0.05, 0.1) is 0 Å². The van der Waals surface area contributed by atoms with Crippen LogP contribution in [-0.4, -0.2) is 36.4 Å². The summed E-state index contributed by atoms with van der Waals surface area (Å²) in [6.07, 6.45) is 5.83. The van der Waals surface area contributed by atoms with Crippen LogP contribution in [0.4, 0.5) is 0 Å². The summed E-state index contributed by atoms with van der Waals surface area (Å²) in [6.45, 7) is 3.04. The van der Waals surface area contributed by atoms with Crippen LogP contribution >= 0.6 is 0 Å². The van der Waals surface area contributed by atoms with Gasteiger partial charge >= 0.3 is 5.97 Å². The van der Waals surface area contributed by atoms with Gasteiger partial charge in [-0.25, -0.2) is 4.79 Å². The molecule has 0 saturated heterocycles. The molecule has 0 heterocycles. The van der Waals surface area contributed by atoms with E-state index in [-0.39, 0.29) is 17.8 Å². The minimum absolute atomic E-state index is 0.0703. The molecule has 4 bridgehead atoms. The minimum atomic E-state index is -0.844. The number of carbonyl (C=O) groups is 3. The first-order chi connectivity index (χ1) is 14.3. The SMILES string of the molecule is CC(NC(=O)COc1ccccc1)C(=O)OC(C)C(=O)C12CC3CC(CC(C3)C1)C2. The second kappa shape index (κ2) is 8.40. The molecule has 1 N–H and O–H groups in total. The maximum atomic E-state index is 13.3. The molecular weight excluding hydrogens is 382 g/mol. The van der Waals surface area contributed by atoms with Gasteiger partial charge in [0.25, 0.3) is 5.91 Å². The number of nitrogens with one attached hydrogen (secondary N) is 1. The molecule has 2 atom stereocenters. The van der Waals surface area contributed by atoms with Crippen molar-refractivity contribution in [2.45, 2.75) is 64.5 Å². The van der Waals surface area contributed by atoms with Gasteiger partial charge in [-0.1, -0.05) is 18.2 Å². The van der Waals surface area contributed by atoms with Crippen molar-refractivity contribution in [2.24, 2.45) is 23.2 Å². The maximum absolute atomic E-state index is 13.3. The summed E-state index contributed by atoms with van der Waals surface area (Å²) in [5, 5.41) is 2.58. The summed E-state index contributed by atoms with van der Waals surface area (Å²) >= 11 is 0. The Balaban J connectivity index is 1.26. The van der Waals surface area contributed by atoms with E-state index in [9.17, 15) is 14.4 Å². The molecule has 6 nitrogen and oxygen atoms in total. The second-order valence-corrected chi connectivity index (χ2v) is 9.53. The van der Waals surface area contributed by atoms with Crippen LogP contribution in [0, 0.1) is 23.2 Å². The quantitative estimate of drug-likeness (QED) is 0.662. The number of hydrogen-bond acceptors (Lipinski definition) is 5. The molecule has 162 valence electrons. The summed E-state index contributed by atoms with van der Waals surface area (Å²) in [5.41, 5.74) is -0.301. The smallest absolute Gasteiger partial charge is 0.329 e. The van der Waals surface area contributed by atoms with Gasteiger partial charge in [0.1, 0.15) is 11.8 Å². The summed E-state index contributed by atoms with van der Waals surface area (Å²) in [6, 6.07) is 8.15. The van der Waals surface area contributed by atoms with Crippen molar-refractivity contribution in [1.29, 1.82) is 0 Å². The van der Waals surface area contributed by atoms with E-state index in [1.807, 2.05) is 18.2 Å². The van der Waals surface area contributed by atoms with Gasteiger partial charge in [-0.3, -0.25) is 9.59 Å². The van der Waals surface area contributed by atoms with Crippen molar-refractivity contribution in [3.05, 3.63) is 30.3 Å². The number of ketones is 1. The Kier molecular flexibility index (Phi) is 5.85. The molecule has 0 spiro atoms. The molecule has 2 unspecified atom stereocenters. The molecule has 1 aromatic rings. The van der Waals surface area contributed by atoms with Crippen LogP contribution in [-0.2, 0) is 19.1 Å². The van der Waals surface area contributed by atoms with Crippen molar-refractivity contribution in [2.75, 3.05) is 6.61 Å². The van der Waals surface area contributed by atoms with Crippen LogP contribution in [0.5, 0.6) is 5.75 Å². The number of Topliss-reactive ketones (excluding diaryl/α,β-unsaturated/α-hetero) is 1. The van der Waals surface area contributed by atoms with E-state index in [0.717, 1.165) is 19.3 Å². The van der Waals surface area contributed by atoms with E-state index in [1.165, 1.54) is 19.3 Å². The lowest BCUT2D eigenvalue weighted by atomic mass is 9.48.